The van der Waals surface area contributed by atoms with Gasteiger partial charge >= 0.3 is 12.1 Å². The Bertz CT molecular complexity index is 447. The first-order valence-electron chi connectivity index (χ1n) is 6.07. The second kappa shape index (κ2) is 7.50. The van der Waals surface area contributed by atoms with Gasteiger partial charge in [-0.1, -0.05) is 29.8 Å². The minimum atomic E-state index is -5.08. The van der Waals surface area contributed by atoms with Crippen molar-refractivity contribution in [1.29, 1.82) is 0 Å². The SMILES string of the molecule is Clc1ccccc1CCNC1CC1.O=C(O)C(F)(F)F. The van der Waals surface area contributed by atoms with Crippen LogP contribution in [0.5, 0.6) is 0 Å². The Balaban J connectivity index is 0.000000246. The van der Waals surface area contributed by atoms with Gasteiger partial charge in [0.05, 0.1) is 0 Å². The number of carboxylic acids is 1. The average molecular weight is 310 g/mol. The Morgan fingerprint density at radius 2 is 1.90 bits per heavy atom. The molecule has 1 aromatic rings. The normalized spacial score (nSPS) is 14.4. The summed E-state index contributed by atoms with van der Waals surface area (Å²) in [4.78, 5) is 8.90. The van der Waals surface area contributed by atoms with Gasteiger partial charge in [0, 0.05) is 11.1 Å². The molecule has 112 valence electrons. The smallest absolute Gasteiger partial charge is 0.475 e. The van der Waals surface area contributed by atoms with Crippen LogP contribution >= 0.6 is 11.6 Å². The van der Waals surface area contributed by atoms with Crippen molar-refractivity contribution < 1.29 is 23.1 Å². The standard InChI is InChI=1S/C11H14ClN.C2HF3O2/c12-11-4-2-1-3-9(11)7-8-13-10-5-6-10;3-2(4,5)1(6)7/h1-4,10,13H,5-8H2;(H,6,7). The third-order valence-electron chi connectivity index (χ3n) is 2.61. The van der Waals surface area contributed by atoms with Crippen LogP contribution in [0.15, 0.2) is 24.3 Å². The molecule has 0 radical (unpaired) electrons. The number of carboxylic acid groups (broad SMARTS) is 1. The molecule has 20 heavy (non-hydrogen) atoms. The van der Waals surface area contributed by atoms with Crippen LogP contribution in [0.4, 0.5) is 13.2 Å². The number of carbonyl (C=O) groups is 1. The fourth-order valence-electron chi connectivity index (χ4n) is 1.40. The van der Waals surface area contributed by atoms with Gasteiger partial charge in [0.1, 0.15) is 0 Å². The van der Waals surface area contributed by atoms with Gasteiger partial charge in [0.15, 0.2) is 0 Å². The number of nitrogens with one attached hydrogen (secondary N) is 1. The number of alkyl halides is 3. The van der Waals surface area contributed by atoms with Crippen LogP contribution < -0.4 is 5.32 Å². The highest BCUT2D eigenvalue weighted by Gasteiger charge is 2.38. The third-order valence-corrected chi connectivity index (χ3v) is 2.97. The van der Waals surface area contributed by atoms with Crippen LogP contribution in [0.25, 0.3) is 0 Å². The molecular weight excluding hydrogens is 295 g/mol. The molecule has 7 heteroatoms. The van der Waals surface area contributed by atoms with Crippen LogP contribution in [-0.4, -0.2) is 29.8 Å². The van der Waals surface area contributed by atoms with Crippen molar-refractivity contribution in [2.75, 3.05) is 6.54 Å². The van der Waals surface area contributed by atoms with E-state index in [1.54, 1.807) is 0 Å². The molecule has 0 aromatic heterocycles. The van der Waals surface area contributed by atoms with E-state index >= 15 is 0 Å². The van der Waals surface area contributed by atoms with Gasteiger partial charge in [0.25, 0.3) is 0 Å². The van der Waals surface area contributed by atoms with E-state index in [0.29, 0.717) is 0 Å². The summed E-state index contributed by atoms with van der Waals surface area (Å²) in [6, 6.07) is 8.85. The number of hydrogen-bond acceptors (Lipinski definition) is 2. The molecule has 1 fully saturated rings. The Morgan fingerprint density at radius 3 is 2.35 bits per heavy atom. The monoisotopic (exact) mass is 309 g/mol. The van der Waals surface area contributed by atoms with Crippen molar-refractivity contribution in [2.45, 2.75) is 31.5 Å². The highest BCUT2D eigenvalue weighted by atomic mass is 35.5. The lowest BCUT2D eigenvalue weighted by Gasteiger charge is -2.04. The predicted molar refractivity (Wildman–Crippen MR) is 69.9 cm³/mol. The summed E-state index contributed by atoms with van der Waals surface area (Å²) in [6.45, 7) is 1.05. The van der Waals surface area contributed by atoms with E-state index < -0.39 is 12.1 Å². The average Bonchev–Trinajstić information content (AvgIpc) is 3.15. The van der Waals surface area contributed by atoms with Gasteiger partial charge in [0.2, 0.25) is 0 Å². The summed E-state index contributed by atoms with van der Waals surface area (Å²) in [5, 5.41) is 11.5. The second-order valence-corrected chi connectivity index (χ2v) is 4.78. The molecule has 3 nitrogen and oxygen atoms in total. The van der Waals surface area contributed by atoms with E-state index in [4.69, 9.17) is 21.5 Å². The van der Waals surface area contributed by atoms with Crippen molar-refractivity contribution in [1.82, 2.24) is 5.32 Å². The molecule has 1 aliphatic carbocycles. The molecule has 1 aliphatic rings. The van der Waals surface area contributed by atoms with Crippen molar-refractivity contribution in [3.63, 3.8) is 0 Å². The van der Waals surface area contributed by atoms with Crippen LogP contribution in [0, 0.1) is 0 Å². The Kier molecular flexibility index (Phi) is 6.29. The highest BCUT2D eigenvalue weighted by Crippen LogP contribution is 2.19. The Labute approximate surface area is 119 Å². The van der Waals surface area contributed by atoms with E-state index in [-0.39, 0.29) is 0 Å². The fraction of sp³-hybridized carbons (Fsp3) is 0.462. The quantitative estimate of drug-likeness (QED) is 0.897. The van der Waals surface area contributed by atoms with Crippen LogP contribution in [0.1, 0.15) is 18.4 Å². The molecule has 2 rings (SSSR count). The van der Waals surface area contributed by atoms with Crippen molar-refractivity contribution >= 4 is 17.6 Å². The molecule has 0 bridgehead atoms. The van der Waals surface area contributed by atoms with E-state index in [0.717, 1.165) is 24.0 Å². The number of rotatable bonds is 4. The maximum atomic E-state index is 10.6. The van der Waals surface area contributed by atoms with Crippen LogP contribution in [0.2, 0.25) is 5.02 Å². The molecule has 1 aromatic carbocycles. The maximum absolute atomic E-state index is 10.6. The van der Waals surface area contributed by atoms with Crippen molar-refractivity contribution in [3.8, 4) is 0 Å². The topological polar surface area (TPSA) is 49.3 Å². The summed E-state index contributed by atoms with van der Waals surface area (Å²) in [6.07, 6.45) is -1.35. The first kappa shape index (κ1) is 16.8. The van der Waals surface area contributed by atoms with E-state index in [1.807, 2.05) is 18.2 Å². The summed E-state index contributed by atoms with van der Waals surface area (Å²) in [5.41, 5.74) is 1.25. The van der Waals surface area contributed by atoms with Crippen molar-refractivity contribution in [3.05, 3.63) is 34.9 Å². The van der Waals surface area contributed by atoms with Crippen LogP contribution in [0.3, 0.4) is 0 Å². The molecule has 0 spiro atoms. The Hall–Kier alpha value is -1.27. The molecule has 0 aliphatic heterocycles. The lowest BCUT2D eigenvalue weighted by Crippen LogP contribution is -2.21. The van der Waals surface area contributed by atoms with Crippen molar-refractivity contribution in [2.24, 2.45) is 0 Å². The Morgan fingerprint density at radius 1 is 1.35 bits per heavy atom. The number of halogens is 4. The lowest BCUT2D eigenvalue weighted by atomic mass is 10.1. The second-order valence-electron chi connectivity index (χ2n) is 4.37. The van der Waals surface area contributed by atoms with E-state index in [1.165, 1.54) is 18.4 Å². The molecule has 1 saturated carbocycles. The molecule has 0 unspecified atom stereocenters. The molecule has 2 N–H and O–H groups in total. The first-order chi connectivity index (χ1) is 9.30. The molecular formula is C13H15ClF3NO2. The van der Waals surface area contributed by atoms with Gasteiger partial charge in [-0.3, -0.25) is 0 Å². The fourth-order valence-corrected chi connectivity index (χ4v) is 1.63. The predicted octanol–water partition coefficient (Wildman–Crippen LogP) is 3.27. The zero-order valence-corrected chi connectivity index (χ0v) is 11.3. The highest BCUT2D eigenvalue weighted by molar-refractivity contribution is 6.31. The molecule has 0 atom stereocenters. The van der Waals surface area contributed by atoms with Gasteiger partial charge in [-0.15, -0.1) is 0 Å². The molecule has 0 saturated heterocycles. The summed E-state index contributed by atoms with van der Waals surface area (Å²) < 4.78 is 31.7. The van der Waals surface area contributed by atoms with Gasteiger partial charge in [-0.2, -0.15) is 13.2 Å². The number of hydrogen-bond donors (Lipinski definition) is 2. The van der Waals surface area contributed by atoms with E-state index in [9.17, 15) is 13.2 Å². The maximum Gasteiger partial charge on any atom is 0.490 e. The summed E-state index contributed by atoms with van der Waals surface area (Å²) >= 11 is 6.03. The minimum Gasteiger partial charge on any atom is -0.475 e. The minimum absolute atomic E-state index is 0.794. The molecule has 0 heterocycles. The van der Waals surface area contributed by atoms with Gasteiger partial charge in [-0.05, 0) is 37.4 Å². The lowest BCUT2D eigenvalue weighted by molar-refractivity contribution is -0.192. The zero-order valence-electron chi connectivity index (χ0n) is 10.6. The number of aliphatic carboxylic acids is 1. The number of benzene rings is 1. The summed E-state index contributed by atoms with van der Waals surface area (Å²) in [5.74, 6) is -2.76. The third kappa shape index (κ3) is 6.77. The van der Waals surface area contributed by atoms with E-state index in [2.05, 4.69) is 11.4 Å². The zero-order chi connectivity index (χ0) is 15.2. The van der Waals surface area contributed by atoms with Gasteiger partial charge in [-0.25, -0.2) is 4.79 Å². The largest absolute Gasteiger partial charge is 0.490 e. The van der Waals surface area contributed by atoms with Crippen LogP contribution in [-0.2, 0) is 11.2 Å². The first-order valence-corrected chi connectivity index (χ1v) is 6.45. The molecule has 0 amide bonds. The van der Waals surface area contributed by atoms with Gasteiger partial charge < -0.3 is 10.4 Å². The summed E-state index contributed by atoms with van der Waals surface area (Å²) in [7, 11) is 0.